The predicted molar refractivity (Wildman–Crippen MR) is 143 cm³/mol. The lowest BCUT2D eigenvalue weighted by Gasteiger charge is -2.38. The summed E-state index contributed by atoms with van der Waals surface area (Å²) in [6, 6.07) is 10.5. The second-order valence-electron chi connectivity index (χ2n) is 11.0. The maximum Gasteiger partial charge on any atom is 0.253 e. The normalized spacial score (nSPS) is 20.7. The number of piperidine rings is 1. The number of fused-ring (bicyclic) bond motifs is 1. The van der Waals surface area contributed by atoms with E-state index in [9.17, 15) is 9.59 Å². The number of carbonyl (C=O) groups is 2. The Hall–Kier alpha value is -2.89. The third-order valence-corrected chi connectivity index (χ3v) is 8.66. The van der Waals surface area contributed by atoms with E-state index in [1.807, 2.05) is 42.5 Å². The molecule has 6 heteroatoms. The van der Waals surface area contributed by atoms with Gasteiger partial charge in [0.2, 0.25) is 5.91 Å². The van der Waals surface area contributed by atoms with Gasteiger partial charge in [0.1, 0.15) is 0 Å². The SMILES string of the molecule is CN(C(=O)c1ccc2c(c1)C(NC(=O)CCC1CCCC1)CCC2)C1CCN(c2ccncc2)CC1. The van der Waals surface area contributed by atoms with Crippen LogP contribution in [0.5, 0.6) is 0 Å². The zero-order valence-electron chi connectivity index (χ0n) is 21.6. The van der Waals surface area contributed by atoms with E-state index in [4.69, 9.17) is 0 Å². The molecule has 2 aromatic rings. The van der Waals surface area contributed by atoms with Gasteiger partial charge < -0.3 is 15.1 Å². The Bertz CT molecular complexity index is 1040. The van der Waals surface area contributed by atoms with Crippen LogP contribution in [-0.4, -0.2) is 47.9 Å². The Morgan fingerprint density at radius 1 is 1.00 bits per heavy atom. The van der Waals surface area contributed by atoms with Gasteiger partial charge in [-0.15, -0.1) is 0 Å². The van der Waals surface area contributed by atoms with Crippen molar-refractivity contribution in [2.24, 2.45) is 5.92 Å². The summed E-state index contributed by atoms with van der Waals surface area (Å²) in [5.41, 5.74) is 4.35. The summed E-state index contributed by atoms with van der Waals surface area (Å²) in [7, 11) is 1.94. The minimum absolute atomic E-state index is 0.0199. The second-order valence-corrected chi connectivity index (χ2v) is 11.0. The van der Waals surface area contributed by atoms with Gasteiger partial charge in [0.05, 0.1) is 6.04 Å². The summed E-state index contributed by atoms with van der Waals surface area (Å²) in [5.74, 6) is 0.970. The highest BCUT2D eigenvalue weighted by molar-refractivity contribution is 5.94. The highest BCUT2D eigenvalue weighted by atomic mass is 16.2. The van der Waals surface area contributed by atoms with Crippen LogP contribution in [0, 0.1) is 5.92 Å². The molecule has 2 fully saturated rings. The first-order valence-electron chi connectivity index (χ1n) is 13.9. The molecule has 6 nitrogen and oxygen atoms in total. The molecule has 1 saturated heterocycles. The molecule has 1 aliphatic heterocycles. The molecule has 1 aromatic carbocycles. The van der Waals surface area contributed by atoms with Gasteiger partial charge in [-0.25, -0.2) is 0 Å². The molecular weight excluding hydrogens is 448 g/mol. The molecule has 1 unspecified atom stereocenters. The molecule has 3 aliphatic rings. The Kier molecular flexibility index (Phi) is 7.88. The summed E-state index contributed by atoms with van der Waals surface area (Å²) in [6.45, 7) is 1.87. The highest BCUT2D eigenvalue weighted by Gasteiger charge is 2.28. The molecule has 2 aliphatic carbocycles. The van der Waals surface area contributed by atoms with Crippen molar-refractivity contribution in [3.05, 3.63) is 59.4 Å². The molecule has 2 amide bonds. The molecule has 36 heavy (non-hydrogen) atoms. The molecule has 1 N–H and O–H groups in total. The first-order valence-corrected chi connectivity index (χ1v) is 13.9. The molecule has 1 aromatic heterocycles. The quantitative estimate of drug-likeness (QED) is 0.575. The van der Waals surface area contributed by atoms with Crippen LogP contribution in [0.15, 0.2) is 42.7 Å². The van der Waals surface area contributed by atoms with Crippen LogP contribution in [0.25, 0.3) is 0 Å². The van der Waals surface area contributed by atoms with Crippen molar-refractivity contribution in [3.8, 4) is 0 Å². The zero-order chi connectivity index (χ0) is 24.9. The van der Waals surface area contributed by atoms with Gasteiger partial charge in [-0.2, -0.15) is 0 Å². The predicted octanol–water partition coefficient (Wildman–Crippen LogP) is 5.29. The van der Waals surface area contributed by atoms with E-state index in [1.54, 1.807) is 0 Å². The molecule has 1 atom stereocenters. The lowest BCUT2D eigenvalue weighted by Crippen LogP contribution is -2.45. The van der Waals surface area contributed by atoms with E-state index in [-0.39, 0.29) is 23.9 Å². The number of pyridine rings is 1. The average molecular weight is 489 g/mol. The lowest BCUT2D eigenvalue weighted by molar-refractivity contribution is -0.122. The van der Waals surface area contributed by atoms with E-state index < -0.39 is 0 Å². The van der Waals surface area contributed by atoms with Crippen LogP contribution in [0.2, 0.25) is 0 Å². The summed E-state index contributed by atoms with van der Waals surface area (Å²) in [4.78, 5) is 34.6. The van der Waals surface area contributed by atoms with Crippen LogP contribution in [-0.2, 0) is 11.2 Å². The van der Waals surface area contributed by atoms with E-state index >= 15 is 0 Å². The molecule has 0 spiro atoms. The van der Waals surface area contributed by atoms with Crippen molar-refractivity contribution in [1.82, 2.24) is 15.2 Å². The fourth-order valence-electron chi connectivity index (χ4n) is 6.42. The minimum atomic E-state index is 0.0199. The minimum Gasteiger partial charge on any atom is -0.371 e. The second kappa shape index (κ2) is 11.4. The first-order chi connectivity index (χ1) is 17.6. The van der Waals surface area contributed by atoms with Crippen LogP contribution >= 0.6 is 0 Å². The molecule has 5 rings (SSSR count). The van der Waals surface area contributed by atoms with Gasteiger partial charge in [0.25, 0.3) is 5.91 Å². The standard InChI is InChI=1S/C30H40N4O2/c1-33(25-15-19-34(20-16-25)26-13-17-31-18-14-26)30(36)24-11-10-23-7-4-8-28(27(23)21-24)32-29(35)12-9-22-5-2-3-6-22/h10-11,13-14,17-18,21-22,25,28H,2-9,12,15-16,19-20H2,1H3,(H,32,35). The molecular formula is C30H40N4O2. The van der Waals surface area contributed by atoms with Crippen LogP contribution in [0.1, 0.15) is 91.7 Å². The van der Waals surface area contributed by atoms with E-state index in [1.165, 1.54) is 36.9 Å². The Morgan fingerprint density at radius 2 is 1.75 bits per heavy atom. The maximum absolute atomic E-state index is 13.5. The average Bonchev–Trinajstić information content (AvgIpc) is 3.45. The van der Waals surface area contributed by atoms with Crippen LogP contribution in [0.3, 0.4) is 0 Å². The number of hydrogen-bond donors (Lipinski definition) is 1. The van der Waals surface area contributed by atoms with Crippen LogP contribution in [0.4, 0.5) is 5.69 Å². The van der Waals surface area contributed by atoms with E-state index in [2.05, 4.69) is 27.3 Å². The molecule has 1 saturated carbocycles. The third kappa shape index (κ3) is 5.74. The zero-order valence-corrected chi connectivity index (χ0v) is 21.6. The summed E-state index contributed by atoms with van der Waals surface area (Å²) >= 11 is 0. The van der Waals surface area contributed by atoms with Crippen molar-refractivity contribution in [2.75, 3.05) is 25.0 Å². The van der Waals surface area contributed by atoms with Crippen molar-refractivity contribution in [2.45, 2.75) is 82.7 Å². The van der Waals surface area contributed by atoms with Crippen molar-refractivity contribution in [1.29, 1.82) is 0 Å². The summed E-state index contributed by atoms with van der Waals surface area (Å²) in [6.07, 6.45) is 15.4. The van der Waals surface area contributed by atoms with E-state index in [0.29, 0.717) is 6.42 Å². The van der Waals surface area contributed by atoms with Gasteiger partial charge in [-0.1, -0.05) is 31.7 Å². The number of nitrogens with zero attached hydrogens (tertiary/aromatic N) is 3. The first kappa shape index (κ1) is 24.8. The molecule has 0 radical (unpaired) electrons. The molecule has 2 heterocycles. The van der Waals surface area contributed by atoms with Crippen molar-refractivity contribution >= 4 is 17.5 Å². The topological polar surface area (TPSA) is 65.5 Å². The Labute approximate surface area is 215 Å². The summed E-state index contributed by atoms with van der Waals surface area (Å²) < 4.78 is 0. The number of carbonyl (C=O) groups excluding carboxylic acids is 2. The van der Waals surface area contributed by atoms with Gasteiger partial charge in [0, 0.05) is 56.2 Å². The fraction of sp³-hybridized carbons (Fsp3) is 0.567. The molecule has 0 bridgehead atoms. The Balaban J connectivity index is 1.20. The summed E-state index contributed by atoms with van der Waals surface area (Å²) in [5, 5.41) is 3.30. The van der Waals surface area contributed by atoms with Gasteiger partial charge in [-0.05, 0) is 79.8 Å². The third-order valence-electron chi connectivity index (χ3n) is 8.66. The van der Waals surface area contributed by atoms with Crippen molar-refractivity contribution in [3.63, 3.8) is 0 Å². The van der Waals surface area contributed by atoms with Crippen LogP contribution < -0.4 is 10.2 Å². The smallest absolute Gasteiger partial charge is 0.253 e. The number of aromatic nitrogens is 1. The monoisotopic (exact) mass is 488 g/mol. The number of nitrogens with one attached hydrogen (secondary N) is 1. The largest absolute Gasteiger partial charge is 0.371 e. The van der Waals surface area contributed by atoms with Gasteiger partial charge in [-0.3, -0.25) is 14.6 Å². The lowest BCUT2D eigenvalue weighted by atomic mass is 9.86. The number of hydrogen-bond acceptors (Lipinski definition) is 4. The fourth-order valence-corrected chi connectivity index (χ4v) is 6.42. The highest BCUT2D eigenvalue weighted by Crippen LogP contribution is 2.32. The van der Waals surface area contributed by atoms with Gasteiger partial charge in [0.15, 0.2) is 0 Å². The van der Waals surface area contributed by atoms with E-state index in [0.717, 1.165) is 68.7 Å². The maximum atomic E-state index is 13.5. The number of amides is 2. The number of aryl methyl sites for hydroxylation is 1. The van der Waals surface area contributed by atoms with Crippen molar-refractivity contribution < 1.29 is 9.59 Å². The van der Waals surface area contributed by atoms with Gasteiger partial charge >= 0.3 is 0 Å². The Morgan fingerprint density at radius 3 is 2.50 bits per heavy atom. The molecule has 192 valence electrons. The number of benzene rings is 1. The number of rotatable bonds is 7. The number of anilines is 1.